The number of ketones is 2. The highest BCUT2D eigenvalue weighted by atomic mass is 35.5. The molecule has 3 rings (SSSR count). The second-order valence-corrected chi connectivity index (χ2v) is 4.56. The first-order chi connectivity index (χ1) is 8.58. The van der Waals surface area contributed by atoms with Crippen LogP contribution < -0.4 is 5.06 Å². The molecule has 1 aromatic rings. The van der Waals surface area contributed by atoms with E-state index >= 15 is 0 Å². The zero-order chi connectivity index (χ0) is 12.9. The molecule has 0 fully saturated rings. The zero-order valence-corrected chi connectivity index (χ0v) is 9.94. The lowest BCUT2D eigenvalue weighted by molar-refractivity contribution is -0.134. The summed E-state index contributed by atoms with van der Waals surface area (Å²) in [6.07, 6.45) is 3.15. The molecule has 0 saturated heterocycles. The van der Waals surface area contributed by atoms with Crippen LogP contribution in [0.2, 0.25) is 5.02 Å². The molecule has 0 spiro atoms. The van der Waals surface area contributed by atoms with E-state index in [4.69, 9.17) is 11.6 Å². The maximum Gasteiger partial charge on any atom is 0.231 e. The molecule has 18 heavy (non-hydrogen) atoms. The largest absolute Gasteiger partial charge is 0.290 e. The second-order valence-electron chi connectivity index (χ2n) is 4.12. The number of carbonyl (C=O) groups excluding carboxylic acids is 2. The Morgan fingerprint density at radius 3 is 2.83 bits per heavy atom. The van der Waals surface area contributed by atoms with E-state index in [-0.39, 0.29) is 12.0 Å². The van der Waals surface area contributed by atoms with Crippen LogP contribution in [-0.4, -0.2) is 16.8 Å². The van der Waals surface area contributed by atoms with Crippen LogP contribution >= 0.6 is 11.6 Å². The van der Waals surface area contributed by atoms with Crippen LogP contribution in [0, 0.1) is 0 Å². The number of hydrogen-bond donors (Lipinski definition) is 1. The lowest BCUT2D eigenvalue weighted by Crippen LogP contribution is -2.31. The number of Topliss-reactive ketones (excluding diaryl/α,β-unsaturated/α-hetero) is 2. The molecule has 1 N–H and O–H groups in total. The van der Waals surface area contributed by atoms with Gasteiger partial charge < -0.3 is 0 Å². The van der Waals surface area contributed by atoms with Gasteiger partial charge in [0, 0.05) is 17.0 Å². The van der Waals surface area contributed by atoms with Crippen LogP contribution in [-0.2, 0) is 9.59 Å². The van der Waals surface area contributed by atoms with Crippen molar-refractivity contribution in [1.82, 2.24) is 0 Å². The summed E-state index contributed by atoms with van der Waals surface area (Å²) >= 11 is 5.87. The van der Waals surface area contributed by atoms with Crippen molar-refractivity contribution in [2.24, 2.45) is 0 Å². The number of rotatable bonds is 0. The second kappa shape index (κ2) is 3.80. The van der Waals surface area contributed by atoms with E-state index in [0.717, 1.165) is 5.06 Å². The van der Waals surface area contributed by atoms with Crippen LogP contribution in [0.4, 0.5) is 5.69 Å². The number of hydroxylamine groups is 1. The Balaban J connectivity index is 2.24. The summed E-state index contributed by atoms with van der Waals surface area (Å²) in [5, 5.41) is 11.5. The Morgan fingerprint density at radius 1 is 1.28 bits per heavy atom. The number of hydrogen-bond acceptors (Lipinski definition) is 4. The van der Waals surface area contributed by atoms with E-state index in [9.17, 15) is 14.8 Å². The average molecular weight is 262 g/mol. The average Bonchev–Trinajstić information content (AvgIpc) is 2.34. The summed E-state index contributed by atoms with van der Waals surface area (Å²) in [6.45, 7) is 0. The van der Waals surface area contributed by atoms with Gasteiger partial charge in [0.25, 0.3) is 0 Å². The fourth-order valence-corrected chi connectivity index (χ4v) is 2.30. The molecule has 0 amide bonds. The van der Waals surface area contributed by atoms with Crippen molar-refractivity contribution >= 4 is 34.9 Å². The van der Waals surface area contributed by atoms with Crippen molar-refractivity contribution in [2.45, 2.75) is 6.42 Å². The van der Waals surface area contributed by atoms with Gasteiger partial charge in [-0.2, -0.15) is 0 Å². The molecule has 1 aromatic carbocycles. The normalized spacial score (nSPS) is 18.0. The van der Waals surface area contributed by atoms with Gasteiger partial charge in [-0.1, -0.05) is 11.6 Å². The molecule has 0 saturated carbocycles. The third-order valence-corrected chi connectivity index (χ3v) is 3.24. The molecule has 0 bridgehead atoms. The molecule has 2 aliphatic rings. The molecular formula is C13H8ClNO3. The topological polar surface area (TPSA) is 57.6 Å². The van der Waals surface area contributed by atoms with E-state index in [1.165, 1.54) is 0 Å². The summed E-state index contributed by atoms with van der Waals surface area (Å²) < 4.78 is 0. The van der Waals surface area contributed by atoms with E-state index in [2.05, 4.69) is 0 Å². The maximum absolute atomic E-state index is 11.8. The first-order valence-corrected chi connectivity index (χ1v) is 5.74. The molecule has 1 aliphatic heterocycles. The maximum atomic E-state index is 11.8. The molecule has 0 unspecified atom stereocenters. The van der Waals surface area contributed by atoms with E-state index in [1.54, 1.807) is 30.4 Å². The van der Waals surface area contributed by atoms with Gasteiger partial charge >= 0.3 is 0 Å². The monoisotopic (exact) mass is 261 g/mol. The van der Waals surface area contributed by atoms with Gasteiger partial charge in [0.1, 0.15) is 0 Å². The van der Waals surface area contributed by atoms with Crippen LogP contribution in [0.1, 0.15) is 12.0 Å². The minimum atomic E-state index is -0.572. The molecule has 0 aromatic heterocycles. The number of anilines is 1. The molecule has 1 heterocycles. The summed E-state index contributed by atoms with van der Waals surface area (Å²) in [6, 6.07) is 4.95. The summed E-state index contributed by atoms with van der Waals surface area (Å²) in [5.74, 6) is -1.04. The Bertz CT molecular complexity index is 646. The van der Waals surface area contributed by atoms with E-state index in [0.29, 0.717) is 22.0 Å². The van der Waals surface area contributed by atoms with Gasteiger partial charge in [-0.3, -0.25) is 14.8 Å². The number of nitrogens with zero attached hydrogens (tertiary/aromatic N) is 1. The number of fused-ring (bicyclic) bond motifs is 2. The first-order valence-electron chi connectivity index (χ1n) is 5.36. The lowest BCUT2D eigenvalue weighted by Gasteiger charge is -2.29. The smallest absolute Gasteiger partial charge is 0.231 e. The number of halogens is 1. The highest BCUT2D eigenvalue weighted by molar-refractivity contribution is 6.47. The molecule has 0 radical (unpaired) electrons. The fourth-order valence-electron chi connectivity index (χ4n) is 2.12. The molecule has 4 nitrogen and oxygen atoms in total. The third kappa shape index (κ3) is 1.50. The Kier molecular flexibility index (Phi) is 2.36. The van der Waals surface area contributed by atoms with Crippen molar-refractivity contribution in [3.63, 3.8) is 0 Å². The molecular weight excluding hydrogens is 254 g/mol. The highest BCUT2D eigenvalue weighted by Crippen LogP contribution is 2.37. The summed E-state index contributed by atoms with van der Waals surface area (Å²) in [7, 11) is 0. The van der Waals surface area contributed by atoms with Crippen molar-refractivity contribution in [3.8, 4) is 0 Å². The van der Waals surface area contributed by atoms with Gasteiger partial charge in [0.2, 0.25) is 11.6 Å². The van der Waals surface area contributed by atoms with Gasteiger partial charge in [0.05, 0.1) is 17.0 Å². The van der Waals surface area contributed by atoms with E-state index in [1.807, 2.05) is 0 Å². The molecule has 5 heteroatoms. The zero-order valence-electron chi connectivity index (χ0n) is 9.18. The summed E-state index contributed by atoms with van der Waals surface area (Å²) in [5.41, 5.74) is 1.72. The van der Waals surface area contributed by atoms with Crippen LogP contribution in [0.5, 0.6) is 0 Å². The quantitative estimate of drug-likeness (QED) is 0.729. The predicted octanol–water partition coefficient (Wildman–Crippen LogP) is 2.36. The van der Waals surface area contributed by atoms with Gasteiger partial charge in [0.15, 0.2) is 0 Å². The van der Waals surface area contributed by atoms with Gasteiger partial charge in [-0.05, 0) is 30.4 Å². The van der Waals surface area contributed by atoms with Gasteiger partial charge in [-0.25, -0.2) is 5.06 Å². The molecule has 1 aliphatic carbocycles. The molecule has 90 valence electrons. The Morgan fingerprint density at radius 2 is 2.06 bits per heavy atom. The van der Waals surface area contributed by atoms with Crippen LogP contribution in [0.15, 0.2) is 35.5 Å². The first kappa shape index (κ1) is 11.2. The Hall–Kier alpha value is -1.91. The minimum absolute atomic E-state index is 0.0193. The Labute approximate surface area is 108 Å². The fraction of sp³-hybridized carbons (Fsp3) is 0.0769. The number of benzene rings is 1. The third-order valence-electron chi connectivity index (χ3n) is 3.00. The SMILES string of the molecule is O=C1CC=C2C(=Cc3cc(Cl)ccc3N2O)C1=O. The number of allylic oxidation sites excluding steroid dienone is 2. The van der Waals surface area contributed by atoms with Gasteiger partial charge in [-0.15, -0.1) is 0 Å². The van der Waals surface area contributed by atoms with Crippen LogP contribution in [0.25, 0.3) is 6.08 Å². The lowest BCUT2D eigenvalue weighted by atomic mass is 9.90. The molecule has 0 atom stereocenters. The van der Waals surface area contributed by atoms with Crippen molar-refractivity contribution in [3.05, 3.63) is 46.1 Å². The number of carbonyl (C=O) groups is 2. The van der Waals surface area contributed by atoms with Crippen LogP contribution in [0.3, 0.4) is 0 Å². The predicted molar refractivity (Wildman–Crippen MR) is 66.4 cm³/mol. The van der Waals surface area contributed by atoms with Crippen molar-refractivity contribution in [1.29, 1.82) is 0 Å². The minimum Gasteiger partial charge on any atom is -0.290 e. The standard InChI is InChI=1S/C13H8ClNO3/c14-8-1-2-10-7(5-8)6-9-11(15(10)18)3-4-12(16)13(9)17/h1-3,5-6,18H,4H2. The summed E-state index contributed by atoms with van der Waals surface area (Å²) in [4.78, 5) is 23.1. The van der Waals surface area contributed by atoms with Crippen molar-refractivity contribution in [2.75, 3.05) is 5.06 Å². The van der Waals surface area contributed by atoms with E-state index < -0.39 is 11.6 Å². The highest BCUT2D eigenvalue weighted by Gasteiger charge is 2.32. The van der Waals surface area contributed by atoms with Crippen molar-refractivity contribution < 1.29 is 14.8 Å².